The number of nitrogens with one attached hydrogen (secondary N) is 1. The normalized spacial score (nSPS) is 13.6. The van der Waals surface area contributed by atoms with E-state index in [0.29, 0.717) is 28.6 Å². The first-order valence-electron chi connectivity index (χ1n) is 8.10. The molecule has 1 amide bonds. The van der Waals surface area contributed by atoms with E-state index in [9.17, 15) is 4.79 Å². The maximum Gasteiger partial charge on any atom is 0.263 e. The molecule has 0 saturated heterocycles. The van der Waals surface area contributed by atoms with Crippen LogP contribution >= 0.6 is 11.3 Å². The SMILES string of the molecule is N#Cc1ccc(CNC(=O)c2sc3cncc(C4CC4)c3c2N)cc1. The van der Waals surface area contributed by atoms with Crippen LogP contribution in [0.5, 0.6) is 0 Å². The smallest absolute Gasteiger partial charge is 0.263 e. The molecule has 3 aromatic rings. The molecule has 4 rings (SSSR count). The van der Waals surface area contributed by atoms with Crippen molar-refractivity contribution in [3.05, 3.63) is 58.2 Å². The van der Waals surface area contributed by atoms with Crippen LogP contribution in [0.2, 0.25) is 0 Å². The summed E-state index contributed by atoms with van der Waals surface area (Å²) >= 11 is 1.39. The number of fused-ring (bicyclic) bond motifs is 1. The molecule has 1 saturated carbocycles. The molecular formula is C19H16N4OS. The summed E-state index contributed by atoms with van der Waals surface area (Å²) < 4.78 is 0.963. The molecule has 1 fully saturated rings. The number of nitrogens with two attached hydrogens (primary N) is 1. The van der Waals surface area contributed by atoms with Gasteiger partial charge in [0.2, 0.25) is 0 Å². The number of carbonyl (C=O) groups excluding carboxylic acids is 1. The largest absolute Gasteiger partial charge is 0.397 e. The summed E-state index contributed by atoms with van der Waals surface area (Å²) in [7, 11) is 0. The topological polar surface area (TPSA) is 91.8 Å². The molecule has 6 heteroatoms. The lowest BCUT2D eigenvalue weighted by Gasteiger charge is -2.05. The van der Waals surface area contributed by atoms with E-state index in [-0.39, 0.29) is 5.91 Å². The van der Waals surface area contributed by atoms with Crippen molar-refractivity contribution in [3.8, 4) is 6.07 Å². The minimum absolute atomic E-state index is 0.176. The molecule has 0 atom stereocenters. The molecule has 1 aliphatic carbocycles. The highest BCUT2D eigenvalue weighted by Crippen LogP contribution is 2.46. The van der Waals surface area contributed by atoms with Gasteiger partial charge < -0.3 is 11.1 Å². The first kappa shape index (κ1) is 15.6. The van der Waals surface area contributed by atoms with Crippen molar-refractivity contribution < 1.29 is 4.79 Å². The average Bonchev–Trinajstić information content (AvgIpc) is 3.43. The van der Waals surface area contributed by atoms with E-state index in [2.05, 4.69) is 16.4 Å². The zero-order valence-electron chi connectivity index (χ0n) is 13.5. The molecule has 2 heterocycles. The van der Waals surface area contributed by atoms with Crippen LogP contribution in [-0.4, -0.2) is 10.9 Å². The van der Waals surface area contributed by atoms with E-state index in [1.54, 1.807) is 18.3 Å². The first-order valence-corrected chi connectivity index (χ1v) is 8.92. The third kappa shape index (κ3) is 2.94. The Morgan fingerprint density at radius 1 is 1.32 bits per heavy atom. The highest BCUT2D eigenvalue weighted by Gasteiger charge is 2.28. The first-order chi connectivity index (χ1) is 12.2. The number of aromatic nitrogens is 1. The predicted octanol–water partition coefficient (Wildman–Crippen LogP) is 3.56. The maximum absolute atomic E-state index is 12.6. The second-order valence-corrected chi connectivity index (χ2v) is 7.26. The van der Waals surface area contributed by atoms with Gasteiger partial charge in [-0.05, 0) is 42.0 Å². The number of nitrogen functional groups attached to an aromatic ring is 1. The van der Waals surface area contributed by atoms with Crippen LogP contribution in [0.25, 0.3) is 10.1 Å². The van der Waals surface area contributed by atoms with Gasteiger partial charge in [0.25, 0.3) is 5.91 Å². The van der Waals surface area contributed by atoms with Gasteiger partial charge in [-0.2, -0.15) is 5.26 Å². The Bertz CT molecular complexity index is 997. The summed E-state index contributed by atoms with van der Waals surface area (Å²) in [4.78, 5) is 17.4. The summed E-state index contributed by atoms with van der Waals surface area (Å²) in [5, 5.41) is 12.7. The van der Waals surface area contributed by atoms with E-state index in [1.165, 1.54) is 11.3 Å². The fourth-order valence-corrected chi connectivity index (χ4v) is 3.97. The Hall–Kier alpha value is -2.91. The third-order valence-corrected chi connectivity index (χ3v) is 5.56. The van der Waals surface area contributed by atoms with E-state index >= 15 is 0 Å². The zero-order chi connectivity index (χ0) is 17.4. The maximum atomic E-state index is 12.6. The number of anilines is 1. The Balaban J connectivity index is 1.56. The minimum Gasteiger partial charge on any atom is -0.397 e. The van der Waals surface area contributed by atoms with Crippen LogP contribution in [0.1, 0.15) is 45.1 Å². The number of rotatable bonds is 4. The van der Waals surface area contributed by atoms with Gasteiger partial charge in [0.05, 0.1) is 22.0 Å². The van der Waals surface area contributed by atoms with E-state index in [1.807, 2.05) is 18.3 Å². The summed E-state index contributed by atoms with van der Waals surface area (Å²) in [6, 6.07) is 9.23. The molecule has 2 aromatic heterocycles. The van der Waals surface area contributed by atoms with Gasteiger partial charge in [0, 0.05) is 24.3 Å². The van der Waals surface area contributed by atoms with Gasteiger partial charge in [-0.15, -0.1) is 11.3 Å². The fraction of sp³-hybridized carbons (Fsp3) is 0.211. The lowest BCUT2D eigenvalue weighted by Crippen LogP contribution is -2.22. The quantitative estimate of drug-likeness (QED) is 0.754. The van der Waals surface area contributed by atoms with Gasteiger partial charge >= 0.3 is 0 Å². The summed E-state index contributed by atoms with van der Waals surface area (Å²) in [5.41, 5.74) is 9.56. The van der Waals surface area contributed by atoms with Gasteiger partial charge in [-0.1, -0.05) is 12.1 Å². The third-order valence-electron chi connectivity index (χ3n) is 4.43. The molecule has 25 heavy (non-hydrogen) atoms. The number of benzene rings is 1. The standard InChI is InChI=1S/C19H16N4OS/c20-7-11-1-3-12(4-2-11)8-23-19(24)18-17(21)16-14(13-5-6-13)9-22-10-15(16)25-18/h1-4,9-10,13H,5-6,8,21H2,(H,23,24). The van der Waals surface area contributed by atoms with Gasteiger partial charge in [-0.25, -0.2) is 0 Å². The van der Waals surface area contributed by atoms with Crippen LogP contribution in [0.3, 0.4) is 0 Å². The number of nitriles is 1. The number of nitrogens with zero attached hydrogens (tertiary/aromatic N) is 2. The predicted molar refractivity (Wildman–Crippen MR) is 98.3 cm³/mol. The molecule has 0 aliphatic heterocycles. The zero-order valence-corrected chi connectivity index (χ0v) is 14.3. The lowest BCUT2D eigenvalue weighted by atomic mass is 10.1. The summed E-state index contributed by atoms with van der Waals surface area (Å²) in [5.74, 6) is 0.354. The van der Waals surface area contributed by atoms with E-state index < -0.39 is 0 Å². The lowest BCUT2D eigenvalue weighted by molar-refractivity contribution is 0.0956. The molecule has 3 N–H and O–H groups in total. The number of thiophene rings is 1. The number of amides is 1. The molecule has 0 unspecified atom stereocenters. The van der Waals surface area contributed by atoms with Gasteiger partial charge in [0.15, 0.2) is 0 Å². The van der Waals surface area contributed by atoms with Crippen molar-refractivity contribution in [2.45, 2.75) is 25.3 Å². The second kappa shape index (κ2) is 6.19. The fourth-order valence-electron chi connectivity index (χ4n) is 2.93. The molecular weight excluding hydrogens is 332 g/mol. The minimum atomic E-state index is -0.176. The van der Waals surface area contributed by atoms with Crippen LogP contribution in [0.4, 0.5) is 5.69 Å². The molecule has 0 spiro atoms. The molecule has 1 aliphatic rings. The Kier molecular flexibility index (Phi) is 3.86. The number of hydrogen-bond donors (Lipinski definition) is 2. The van der Waals surface area contributed by atoms with Crippen molar-refractivity contribution in [2.24, 2.45) is 0 Å². The van der Waals surface area contributed by atoms with Crippen molar-refractivity contribution >= 4 is 33.0 Å². The van der Waals surface area contributed by atoms with Crippen molar-refractivity contribution in [1.29, 1.82) is 5.26 Å². The van der Waals surface area contributed by atoms with Crippen molar-refractivity contribution in [2.75, 3.05) is 5.73 Å². The summed E-state index contributed by atoms with van der Waals surface area (Å²) in [6.07, 6.45) is 5.98. The van der Waals surface area contributed by atoms with Gasteiger partial charge in [0.1, 0.15) is 4.88 Å². The Morgan fingerprint density at radius 2 is 2.08 bits per heavy atom. The molecule has 1 aromatic carbocycles. The average molecular weight is 348 g/mol. The Morgan fingerprint density at radius 3 is 2.76 bits per heavy atom. The van der Waals surface area contributed by atoms with Crippen LogP contribution in [-0.2, 0) is 6.54 Å². The van der Waals surface area contributed by atoms with E-state index in [0.717, 1.165) is 34.1 Å². The molecule has 0 radical (unpaired) electrons. The highest BCUT2D eigenvalue weighted by atomic mass is 32.1. The van der Waals surface area contributed by atoms with Crippen molar-refractivity contribution in [1.82, 2.24) is 10.3 Å². The highest BCUT2D eigenvalue weighted by molar-refractivity contribution is 7.21. The number of hydrogen-bond acceptors (Lipinski definition) is 5. The monoisotopic (exact) mass is 348 g/mol. The summed E-state index contributed by atoms with van der Waals surface area (Å²) in [6.45, 7) is 0.395. The second-order valence-electron chi connectivity index (χ2n) is 6.21. The number of carbonyl (C=O) groups is 1. The Labute approximate surface area is 149 Å². The number of pyridine rings is 1. The van der Waals surface area contributed by atoms with Crippen LogP contribution in [0.15, 0.2) is 36.7 Å². The molecule has 5 nitrogen and oxygen atoms in total. The van der Waals surface area contributed by atoms with Crippen molar-refractivity contribution in [3.63, 3.8) is 0 Å². The van der Waals surface area contributed by atoms with Crippen LogP contribution in [0, 0.1) is 11.3 Å². The van der Waals surface area contributed by atoms with Crippen LogP contribution < -0.4 is 11.1 Å². The van der Waals surface area contributed by atoms with E-state index in [4.69, 9.17) is 11.0 Å². The molecule has 0 bridgehead atoms. The molecule has 124 valence electrons. The van der Waals surface area contributed by atoms with Gasteiger partial charge in [-0.3, -0.25) is 9.78 Å².